The largest absolute Gasteiger partial charge is 0.465 e. The van der Waals surface area contributed by atoms with Crippen LogP contribution in [-0.2, 0) is 18.5 Å². The molecule has 1 fully saturated rings. The Labute approximate surface area is 242 Å². The quantitative estimate of drug-likeness (QED) is 0.214. The molecular weight excluding hydrogens is 567 g/mol. The number of halogens is 2. The van der Waals surface area contributed by atoms with E-state index in [-0.39, 0.29) is 18.8 Å². The summed E-state index contributed by atoms with van der Waals surface area (Å²) in [6, 6.07) is 5.66. The van der Waals surface area contributed by atoms with E-state index in [0.717, 1.165) is 11.6 Å². The number of anilines is 1. The zero-order valence-corrected chi connectivity index (χ0v) is 25.3. The lowest BCUT2D eigenvalue weighted by Crippen LogP contribution is -2.52. The average Bonchev–Trinajstić information content (AvgIpc) is 3.27. The average molecular weight is 601 g/mol. The van der Waals surface area contributed by atoms with Crippen molar-refractivity contribution >= 4 is 53.5 Å². The molecule has 218 valence electrons. The normalized spacial score (nSPS) is 17.9. The van der Waals surface area contributed by atoms with Crippen LogP contribution in [0, 0.1) is 0 Å². The van der Waals surface area contributed by atoms with Crippen LogP contribution < -0.4 is 15.8 Å². The lowest BCUT2D eigenvalue weighted by molar-refractivity contribution is 0.0899. The minimum Gasteiger partial charge on any atom is -0.465 e. The number of piperidine rings is 1. The molecule has 1 saturated heterocycles. The van der Waals surface area contributed by atoms with Crippen LogP contribution in [0.2, 0.25) is 30.7 Å². The molecule has 5 rings (SSSR count). The molecule has 41 heavy (non-hydrogen) atoms. The second kappa shape index (κ2) is 11.4. The van der Waals surface area contributed by atoms with Crippen LogP contribution >= 0.6 is 11.6 Å². The molecule has 2 N–H and O–H groups in total. The van der Waals surface area contributed by atoms with E-state index in [1.54, 1.807) is 30.4 Å². The number of nitrogens with zero attached hydrogens (tertiary/aromatic N) is 5. The number of rotatable bonds is 8. The molecule has 3 aromatic heterocycles. The van der Waals surface area contributed by atoms with E-state index in [9.17, 15) is 14.0 Å². The molecule has 2 atom stereocenters. The number of benzene rings is 1. The van der Waals surface area contributed by atoms with E-state index in [1.807, 2.05) is 22.9 Å². The van der Waals surface area contributed by atoms with E-state index < -0.39 is 26.4 Å². The van der Waals surface area contributed by atoms with E-state index in [4.69, 9.17) is 31.4 Å². The lowest BCUT2D eigenvalue weighted by atomic mass is 10.0. The first-order valence-corrected chi connectivity index (χ1v) is 17.6. The van der Waals surface area contributed by atoms with Crippen LogP contribution in [0.5, 0.6) is 0 Å². The van der Waals surface area contributed by atoms with Crippen LogP contribution in [0.4, 0.5) is 15.0 Å². The molecule has 1 aliphatic heterocycles. The second-order valence-corrected chi connectivity index (χ2v) is 17.7. The molecule has 0 radical (unpaired) electrons. The minimum atomic E-state index is -1.38. The zero-order valence-electron chi connectivity index (χ0n) is 23.5. The maximum absolute atomic E-state index is 14.8. The number of fused-ring (bicyclic) bond motifs is 2. The van der Waals surface area contributed by atoms with Crippen LogP contribution in [-0.4, -0.2) is 70.3 Å². The van der Waals surface area contributed by atoms with E-state index in [0.29, 0.717) is 57.9 Å². The van der Waals surface area contributed by atoms with Gasteiger partial charge in [-0.3, -0.25) is 4.79 Å². The molecule has 0 unspecified atom stereocenters. The molecule has 4 heterocycles. The van der Waals surface area contributed by atoms with Gasteiger partial charge in [-0.15, -0.1) is 0 Å². The summed E-state index contributed by atoms with van der Waals surface area (Å²) >= 11 is 6.88. The number of ether oxygens (including phenoxy) is 1. The highest BCUT2D eigenvalue weighted by molar-refractivity contribution is 6.76. The van der Waals surface area contributed by atoms with Gasteiger partial charge in [-0.05, 0) is 24.6 Å². The SMILES string of the molecule is Cn1ccc2c(Cl)c(-c3cn(COCC[Si](C)(C)C)c4nc(N5CC[C@H](NC(=O)O)[C@H](F)C5)cnc34)ccc2c1=O. The van der Waals surface area contributed by atoms with Crippen molar-refractivity contribution in [2.75, 3.05) is 24.6 Å². The van der Waals surface area contributed by atoms with Gasteiger partial charge in [-0.1, -0.05) is 37.3 Å². The number of aromatic nitrogens is 4. The van der Waals surface area contributed by atoms with Crippen LogP contribution in [0.1, 0.15) is 6.42 Å². The number of carbonyl (C=O) groups is 1. The monoisotopic (exact) mass is 600 g/mol. The van der Waals surface area contributed by atoms with Crippen molar-refractivity contribution in [1.82, 2.24) is 24.4 Å². The van der Waals surface area contributed by atoms with Crippen molar-refractivity contribution < 1.29 is 19.0 Å². The Morgan fingerprint density at radius 2 is 2.02 bits per heavy atom. The molecule has 10 nitrogen and oxygen atoms in total. The van der Waals surface area contributed by atoms with Gasteiger partial charge >= 0.3 is 6.09 Å². The first-order chi connectivity index (χ1) is 19.4. The molecule has 1 aliphatic rings. The summed E-state index contributed by atoms with van der Waals surface area (Å²) in [6.45, 7) is 8.17. The fourth-order valence-corrected chi connectivity index (χ4v) is 6.14. The van der Waals surface area contributed by atoms with Gasteiger partial charge in [0, 0.05) is 62.6 Å². The lowest BCUT2D eigenvalue weighted by Gasteiger charge is -2.35. The Hall–Kier alpha value is -3.48. The highest BCUT2D eigenvalue weighted by atomic mass is 35.5. The topological polar surface area (TPSA) is 115 Å². The summed E-state index contributed by atoms with van der Waals surface area (Å²) in [7, 11) is 0.413. The predicted octanol–water partition coefficient (Wildman–Crippen LogP) is 5.10. The first kappa shape index (κ1) is 29.0. The summed E-state index contributed by atoms with van der Waals surface area (Å²) in [5.41, 5.74) is 2.49. The predicted molar refractivity (Wildman–Crippen MR) is 162 cm³/mol. The van der Waals surface area contributed by atoms with Gasteiger partial charge in [0.05, 0.1) is 23.8 Å². The minimum absolute atomic E-state index is 0.00311. The molecule has 1 amide bonds. The number of hydrogen-bond donors (Lipinski definition) is 2. The zero-order chi connectivity index (χ0) is 29.5. The van der Waals surface area contributed by atoms with Crippen LogP contribution in [0.25, 0.3) is 33.1 Å². The molecule has 0 aliphatic carbocycles. The third-order valence-corrected chi connectivity index (χ3v) is 9.55. The Kier molecular flexibility index (Phi) is 8.08. The van der Waals surface area contributed by atoms with Crippen molar-refractivity contribution in [2.24, 2.45) is 7.05 Å². The van der Waals surface area contributed by atoms with Crippen molar-refractivity contribution in [3.8, 4) is 11.1 Å². The smallest absolute Gasteiger partial charge is 0.404 e. The Balaban J connectivity index is 1.53. The summed E-state index contributed by atoms with van der Waals surface area (Å²) in [5, 5.41) is 12.9. The highest BCUT2D eigenvalue weighted by Crippen LogP contribution is 2.37. The van der Waals surface area contributed by atoms with Crippen LogP contribution in [0.3, 0.4) is 0 Å². The summed E-state index contributed by atoms with van der Waals surface area (Å²) in [5.74, 6) is 0.495. The second-order valence-electron chi connectivity index (χ2n) is 11.7. The van der Waals surface area contributed by atoms with Gasteiger partial charge in [-0.25, -0.2) is 19.2 Å². The third-order valence-electron chi connectivity index (χ3n) is 7.44. The van der Waals surface area contributed by atoms with Gasteiger partial charge in [-0.2, -0.15) is 0 Å². The van der Waals surface area contributed by atoms with E-state index in [1.165, 1.54) is 4.57 Å². The fourth-order valence-electron chi connectivity index (χ4n) is 5.06. The Bertz CT molecular complexity index is 1670. The standard InChI is InChI=1S/C28H34ClFN6O4Si/c1-34-9-7-18-19(27(34)37)6-5-17(24(18)29)20-14-36(16-40-11-12-41(2,3)4)26-25(20)31-13-23(33-26)35-10-8-22(21(30)15-35)32-28(38)39/h5-7,9,13-14,21-22,32H,8,10-12,15-16H2,1-4H3,(H,38,39)/t21-,22+/m1/s1. The first-order valence-electron chi connectivity index (χ1n) is 13.5. The maximum atomic E-state index is 14.8. The number of hydrogen-bond acceptors (Lipinski definition) is 6. The third kappa shape index (κ3) is 6.09. The Morgan fingerprint density at radius 1 is 1.24 bits per heavy atom. The van der Waals surface area contributed by atoms with Gasteiger partial charge in [0.2, 0.25) is 0 Å². The fraction of sp³-hybridized carbons (Fsp3) is 0.429. The van der Waals surface area contributed by atoms with Gasteiger partial charge in [0.15, 0.2) is 5.65 Å². The van der Waals surface area contributed by atoms with E-state index in [2.05, 4.69) is 25.0 Å². The molecule has 0 spiro atoms. The van der Waals surface area contributed by atoms with Gasteiger partial charge in [0.1, 0.15) is 24.2 Å². The van der Waals surface area contributed by atoms with Gasteiger partial charge in [0.25, 0.3) is 5.56 Å². The van der Waals surface area contributed by atoms with Crippen molar-refractivity contribution in [3.05, 3.63) is 52.2 Å². The molecule has 0 saturated carbocycles. The molecule has 1 aromatic carbocycles. The number of carboxylic acid groups (broad SMARTS) is 1. The number of aryl methyl sites for hydroxylation is 1. The number of pyridine rings is 1. The van der Waals surface area contributed by atoms with E-state index >= 15 is 0 Å². The Morgan fingerprint density at radius 3 is 2.73 bits per heavy atom. The summed E-state index contributed by atoms with van der Waals surface area (Å²) in [4.78, 5) is 35.0. The molecule has 0 bridgehead atoms. The highest BCUT2D eigenvalue weighted by Gasteiger charge is 2.31. The summed E-state index contributed by atoms with van der Waals surface area (Å²) in [6.07, 6.45) is 2.89. The molecule has 13 heteroatoms. The number of amides is 1. The molecule has 4 aromatic rings. The number of alkyl halides is 1. The van der Waals surface area contributed by atoms with Gasteiger partial charge < -0.3 is 29.2 Å². The van der Waals surface area contributed by atoms with Crippen molar-refractivity contribution in [1.29, 1.82) is 0 Å². The van der Waals surface area contributed by atoms with Crippen molar-refractivity contribution in [3.63, 3.8) is 0 Å². The number of nitrogens with one attached hydrogen (secondary N) is 1. The molecular formula is C28H34ClFN6O4Si. The summed E-state index contributed by atoms with van der Waals surface area (Å²) < 4.78 is 24.3. The maximum Gasteiger partial charge on any atom is 0.404 e. The van der Waals surface area contributed by atoms with Crippen LogP contribution in [0.15, 0.2) is 41.6 Å². The van der Waals surface area contributed by atoms with Crippen molar-refractivity contribution in [2.45, 2.75) is 51.1 Å².